The van der Waals surface area contributed by atoms with E-state index in [2.05, 4.69) is 5.32 Å². The van der Waals surface area contributed by atoms with Gasteiger partial charge in [-0.3, -0.25) is 9.59 Å². The first kappa shape index (κ1) is 17.9. The highest BCUT2D eigenvalue weighted by Gasteiger charge is 2.33. The maximum atomic E-state index is 12.3. The van der Waals surface area contributed by atoms with Crippen LogP contribution in [-0.4, -0.2) is 47.9 Å². The summed E-state index contributed by atoms with van der Waals surface area (Å²) in [7, 11) is -1.03. The number of aliphatic hydroxyl groups is 1. The van der Waals surface area contributed by atoms with E-state index in [-0.39, 0.29) is 13.2 Å². The molecular formula is C17H22BNO6. The second-order valence-corrected chi connectivity index (χ2v) is 6.75. The number of carbonyl (C=O) groups is 2. The van der Waals surface area contributed by atoms with Gasteiger partial charge in [-0.2, -0.15) is 0 Å². The van der Waals surface area contributed by atoms with Gasteiger partial charge in [0.1, 0.15) is 13.2 Å². The maximum absolute atomic E-state index is 12.3. The molecule has 0 unspecified atom stereocenters. The standard InChI is InChI=1S/C17H22BNO6/c1-11-13(5-4-12-9-25-18(23)15(11)12)16(21)19-8-14(20)24-10-17(22)6-2-3-7-17/h4-5,22-23H,2-3,6-10H2,1H3,(H,19,21). The molecule has 8 heteroatoms. The molecule has 0 aromatic heterocycles. The first-order valence-electron chi connectivity index (χ1n) is 8.48. The van der Waals surface area contributed by atoms with E-state index >= 15 is 0 Å². The Hall–Kier alpha value is -1.90. The first-order chi connectivity index (χ1) is 11.9. The van der Waals surface area contributed by atoms with Gasteiger partial charge in [0.2, 0.25) is 0 Å². The number of fused-ring (bicyclic) bond motifs is 1. The number of carbonyl (C=O) groups excluding carboxylic acids is 2. The van der Waals surface area contributed by atoms with Crippen LogP contribution in [0.5, 0.6) is 0 Å². The lowest BCUT2D eigenvalue weighted by Gasteiger charge is -2.21. The Balaban J connectivity index is 1.54. The second-order valence-electron chi connectivity index (χ2n) is 6.75. The minimum absolute atomic E-state index is 0.0386. The fourth-order valence-electron chi connectivity index (χ4n) is 3.44. The van der Waals surface area contributed by atoms with Gasteiger partial charge >= 0.3 is 13.1 Å². The number of hydrogen-bond donors (Lipinski definition) is 3. The van der Waals surface area contributed by atoms with Crippen LogP contribution in [-0.2, 0) is 20.8 Å². The third kappa shape index (κ3) is 3.86. The summed E-state index contributed by atoms with van der Waals surface area (Å²) in [6, 6.07) is 3.39. The van der Waals surface area contributed by atoms with Crippen molar-refractivity contribution in [3.8, 4) is 0 Å². The molecule has 0 bridgehead atoms. The Morgan fingerprint density at radius 2 is 2.08 bits per heavy atom. The lowest BCUT2D eigenvalue weighted by atomic mass is 9.75. The molecule has 1 amide bonds. The number of amides is 1. The average Bonchev–Trinajstić information content (AvgIpc) is 3.18. The van der Waals surface area contributed by atoms with E-state index in [9.17, 15) is 19.7 Å². The fraction of sp³-hybridized carbons (Fsp3) is 0.529. The minimum Gasteiger partial charge on any atom is -0.461 e. The van der Waals surface area contributed by atoms with Gasteiger partial charge in [0.15, 0.2) is 0 Å². The van der Waals surface area contributed by atoms with Gasteiger partial charge in [0, 0.05) is 5.56 Å². The molecule has 0 radical (unpaired) electrons. The molecule has 0 spiro atoms. The van der Waals surface area contributed by atoms with Gasteiger partial charge in [-0.25, -0.2) is 0 Å². The van der Waals surface area contributed by atoms with Crippen molar-refractivity contribution in [2.45, 2.75) is 44.8 Å². The van der Waals surface area contributed by atoms with Crippen molar-refractivity contribution in [2.75, 3.05) is 13.2 Å². The van der Waals surface area contributed by atoms with E-state index in [0.717, 1.165) is 18.4 Å². The topological polar surface area (TPSA) is 105 Å². The third-order valence-electron chi connectivity index (χ3n) is 4.92. The highest BCUT2D eigenvalue weighted by molar-refractivity contribution is 6.62. The molecule has 1 aromatic carbocycles. The van der Waals surface area contributed by atoms with Crippen LogP contribution in [0.15, 0.2) is 12.1 Å². The summed E-state index contributed by atoms with van der Waals surface area (Å²) in [5.74, 6) is -1.01. The van der Waals surface area contributed by atoms with Crippen molar-refractivity contribution in [2.24, 2.45) is 0 Å². The molecule has 0 atom stereocenters. The van der Waals surface area contributed by atoms with Crippen molar-refractivity contribution in [1.29, 1.82) is 0 Å². The van der Waals surface area contributed by atoms with E-state index in [0.29, 0.717) is 36.0 Å². The van der Waals surface area contributed by atoms with Crippen LogP contribution < -0.4 is 10.8 Å². The Bertz CT molecular complexity index is 686. The Kier molecular flexibility index (Phi) is 5.12. The monoisotopic (exact) mass is 347 g/mol. The van der Waals surface area contributed by atoms with E-state index in [1.807, 2.05) is 0 Å². The fourth-order valence-corrected chi connectivity index (χ4v) is 3.44. The van der Waals surface area contributed by atoms with Gasteiger partial charge in [-0.1, -0.05) is 18.9 Å². The SMILES string of the molecule is Cc1c(C(=O)NCC(=O)OCC2(O)CCCC2)ccc2c1B(O)OC2. The van der Waals surface area contributed by atoms with Crippen LogP contribution in [0.4, 0.5) is 0 Å². The Labute approximate surface area is 146 Å². The normalized spacial score (nSPS) is 18.1. The molecule has 1 aliphatic heterocycles. The van der Waals surface area contributed by atoms with Crippen LogP contribution in [0.3, 0.4) is 0 Å². The van der Waals surface area contributed by atoms with Crippen LogP contribution in [0.25, 0.3) is 0 Å². The van der Waals surface area contributed by atoms with Crippen LogP contribution >= 0.6 is 0 Å². The average molecular weight is 347 g/mol. The third-order valence-corrected chi connectivity index (χ3v) is 4.92. The molecule has 134 valence electrons. The number of ether oxygens (including phenoxy) is 1. The number of nitrogens with one attached hydrogen (secondary N) is 1. The molecule has 25 heavy (non-hydrogen) atoms. The molecule has 3 N–H and O–H groups in total. The molecule has 1 saturated carbocycles. The smallest absolute Gasteiger partial charge is 0.461 e. The lowest BCUT2D eigenvalue weighted by Crippen LogP contribution is -2.37. The summed E-state index contributed by atoms with van der Waals surface area (Å²) in [5.41, 5.74) is 1.55. The zero-order chi connectivity index (χ0) is 18.0. The zero-order valence-corrected chi connectivity index (χ0v) is 14.2. The highest BCUT2D eigenvalue weighted by Crippen LogP contribution is 2.29. The van der Waals surface area contributed by atoms with E-state index in [1.54, 1.807) is 19.1 Å². The quantitative estimate of drug-likeness (QED) is 0.503. The van der Waals surface area contributed by atoms with Gasteiger partial charge in [-0.05, 0) is 42.4 Å². The van der Waals surface area contributed by atoms with Crippen LogP contribution in [0.2, 0.25) is 0 Å². The Morgan fingerprint density at radius 1 is 1.36 bits per heavy atom. The van der Waals surface area contributed by atoms with Crippen molar-refractivity contribution < 1.29 is 29.1 Å². The van der Waals surface area contributed by atoms with Crippen LogP contribution in [0.1, 0.15) is 47.2 Å². The minimum atomic E-state index is -1.03. The van der Waals surface area contributed by atoms with Crippen molar-refractivity contribution >= 4 is 24.5 Å². The predicted molar refractivity (Wildman–Crippen MR) is 90.3 cm³/mol. The molecule has 1 aromatic rings. The summed E-state index contributed by atoms with van der Waals surface area (Å²) in [6.45, 7) is 1.74. The van der Waals surface area contributed by atoms with E-state index in [1.165, 1.54) is 0 Å². The number of rotatable bonds is 5. The molecule has 1 fully saturated rings. The number of benzene rings is 1. The maximum Gasteiger partial charge on any atom is 0.492 e. The van der Waals surface area contributed by atoms with Gasteiger partial charge in [0.05, 0.1) is 12.2 Å². The van der Waals surface area contributed by atoms with Crippen molar-refractivity contribution in [3.63, 3.8) is 0 Å². The largest absolute Gasteiger partial charge is 0.492 e. The summed E-state index contributed by atoms with van der Waals surface area (Å²) >= 11 is 0. The van der Waals surface area contributed by atoms with Gasteiger partial charge < -0.3 is 24.8 Å². The van der Waals surface area contributed by atoms with Crippen LogP contribution in [0, 0.1) is 6.92 Å². The summed E-state index contributed by atoms with van der Waals surface area (Å²) in [5, 5.41) is 22.5. The molecule has 0 saturated heterocycles. The number of esters is 1. The lowest BCUT2D eigenvalue weighted by molar-refractivity contribution is -0.149. The summed E-state index contributed by atoms with van der Waals surface area (Å²) in [6.07, 6.45) is 3.12. The summed E-state index contributed by atoms with van der Waals surface area (Å²) in [4.78, 5) is 24.1. The first-order valence-corrected chi connectivity index (χ1v) is 8.48. The molecule has 1 heterocycles. The molecule has 7 nitrogen and oxygen atoms in total. The molecule has 3 rings (SSSR count). The van der Waals surface area contributed by atoms with Crippen molar-refractivity contribution in [3.05, 3.63) is 28.8 Å². The summed E-state index contributed by atoms with van der Waals surface area (Å²) < 4.78 is 10.2. The van der Waals surface area contributed by atoms with E-state index < -0.39 is 24.6 Å². The predicted octanol–water partition coefficient (Wildman–Crippen LogP) is -0.209. The van der Waals surface area contributed by atoms with Gasteiger partial charge in [0.25, 0.3) is 5.91 Å². The number of hydrogen-bond acceptors (Lipinski definition) is 6. The second kappa shape index (κ2) is 7.15. The highest BCUT2D eigenvalue weighted by atomic mass is 16.5. The van der Waals surface area contributed by atoms with Crippen molar-refractivity contribution in [1.82, 2.24) is 5.32 Å². The van der Waals surface area contributed by atoms with E-state index in [4.69, 9.17) is 9.39 Å². The Morgan fingerprint density at radius 3 is 2.80 bits per heavy atom. The molecule has 1 aliphatic carbocycles. The van der Waals surface area contributed by atoms with Gasteiger partial charge in [-0.15, -0.1) is 0 Å². The molecule has 2 aliphatic rings. The molecular weight excluding hydrogens is 325 g/mol. The zero-order valence-electron chi connectivity index (χ0n) is 14.2.